The molecule has 0 saturated heterocycles. The van der Waals surface area contributed by atoms with Crippen molar-refractivity contribution in [3.8, 4) is 0 Å². The van der Waals surface area contributed by atoms with Gasteiger partial charge in [0, 0.05) is 10.6 Å². The third kappa shape index (κ3) is 5.21. The van der Waals surface area contributed by atoms with Gasteiger partial charge in [0.1, 0.15) is 6.04 Å². The molecular formula is C19H20Cl2N2O2. The fourth-order valence-corrected chi connectivity index (χ4v) is 2.61. The molecule has 0 heterocycles. The van der Waals surface area contributed by atoms with Crippen LogP contribution in [0.4, 0.5) is 5.69 Å². The molecule has 0 saturated carbocycles. The monoisotopic (exact) mass is 378 g/mol. The van der Waals surface area contributed by atoms with Crippen molar-refractivity contribution in [1.82, 2.24) is 5.32 Å². The molecular weight excluding hydrogens is 359 g/mol. The quantitative estimate of drug-likeness (QED) is 0.792. The average Bonchev–Trinajstić information content (AvgIpc) is 2.56. The lowest BCUT2D eigenvalue weighted by Gasteiger charge is -2.22. The summed E-state index contributed by atoms with van der Waals surface area (Å²) in [6.07, 6.45) is 0. The molecule has 0 spiro atoms. The molecule has 1 atom stereocenters. The number of amides is 2. The Morgan fingerprint density at radius 2 is 1.64 bits per heavy atom. The minimum atomic E-state index is -0.705. The van der Waals surface area contributed by atoms with Gasteiger partial charge in [-0.05, 0) is 43.2 Å². The van der Waals surface area contributed by atoms with E-state index in [1.807, 2.05) is 32.9 Å². The van der Waals surface area contributed by atoms with Crippen LogP contribution in [0.3, 0.4) is 0 Å². The van der Waals surface area contributed by atoms with Crippen molar-refractivity contribution >= 4 is 40.7 Å². The van der Waals surface area contributed by atoms with Gasteiger partial charge in [0.05, 0.1) is 10.7 Å². The van der Waals surface area contributed by atoms with Crippen LogP contribution >= 0.6 is 23.2 Å². The predicted molar refractivity (Wildman–Crippen MR) is 102 cm³/mol. The summed E-state index contributed by atoms with van der Waals surface area (Å²) >= 11 is 12.0. The number of carbonyl (C=O) groups is 2. The molecule has 2 aromatic carbocycles. The standard InChI is InChI=1S/C19H20Cl2N2O2/c1-11(2)17(23-18(24)13-6-4-12(3)5-7-13)19(25)22-16-10-14(20)8-9-15(16)21/h4-11,17H,1-3H3,(H,22,25)(H,23,24). The van der Waals surface area contributed by atoms with Crippen LogP contribution in [0, 0.1) is 12.8 Å². The van der Waals surface area contributed by atoms with Crippen LogP contribution in [0.2, 0.25) is 10.0 Å². The first kappa shape index (κ1) is 19.3. The second-order valence-corrected chi connectivity index (χ2v) is 7.02. The number of benzene rings is 2. The Hall–Kier alpha value is -2.04. The van der Waals surface area contributed by atoms with Crippen LogP contribution in [-0.2, 0) is 4.79 Å². The van der Waals surface area contributed by atoms with Gasteiger partial charge in [0.25, 0.3) is 5.91 Å². The zero-order valence-electron chi connectivity index (χ0n) is 14.3. The summed E-state index contributed by atoms with van der Waals surface area (Å²) < 4.78 is 0. The van der Waals surface area contributed by atoms with E-state index in [1.165, 1.54) is 0 Å². The first-order valence-electron chi connectivity index (χ1n) is 7.91. The van der Waals surface area contributed by atoms with Crippen molar-refractivity contribution in [3.63, 3.8) is 0 Å². The van der Waals surface area contributed by atoms with E-state index in [2.05, 4.69) is 10.6 Å². The Kier molecular flexibility index (Phi) is 6.45. The Morgan fingerprint density at radius 1 is 1.00 bits per heavy atom. The minimum Gasteiger partial charge on any atom is -0.340 e. The van der Waals surface area contributed by atoms with Crippen LogP contribution in [0.1, 0.15) is 29.8 Å². The zero-order valence-corrected chi connectivity index (χ0v) is 15.8. The van der Waals surface area contributed by atoms with Crippen LogP contribution in [-0.4, -0.2) is 17.9 Å². The molecule has 1 unspecified atom stereocenters. The largest absolute Gasteiger partial charge is 0.340 e. The van der Waals surface area contributed by atoms with Gasteiger partial charge in [-0.3, -0.25) is 9.59 Å². The van der Waals surface area contributed by atoms with E-state index in [0.717, 1.165) is 5.56 Å². The van der Waals surface area contributed by atoms with Crippen LogP contribution < -0.4 is 10.6 Å². The van der Waals surface area contributed by atoms with E-state index in [-0.39, 0.29) is 17.7 Å². The molecule has 0 fully saturated rings. The summed E-state index contributed by atoms with van der Waals surface area (Å²) in [7, 11) is 0. The topological polar surface area (TPSA) is 58.2 Å². The van der Waals surface area contributed by atoms with Crippen molar-refractivity contribution in [3.05, 3.63) is 63.6 Å². The number of carbonyl (C=O) groups excluding carboxylic acids is 2. The predicted octanol–water partition coefficient (Wildman–Crippen LogP) is 4.69. The lowest BCUT2D eigenvalue weighted by molar-refractivity contribution is -0.118. The normalized spacial score (nSPS) is 11.9. The van der Waals surface area contributed by atoms with E-state index in [0.29, 0.717) is 21.3 Å². The van der Waals surface area contributed by atoms with Gasteiger partial charge in [-0.1, -0.05) is 54.7 Å². The fourth-order valence-electron chi connectivity index (χ4n) is 2.27. The third-order valence-corrected chi connectivity index (χ3v) is 4.30. The second-order valence-electron chi connectivity index (χ2n) is 6.17. The zero-order chi connectivity index (χ0) is 18.6. The van der Waals surface area contributed by atoms with E-state index < -0.39 is 6.04 Å². The third-order valence-electron chi connectivity index (χ3n) is 3.74. The fraction of sp³-hybridized carbons (Fsp3) is 0.263. The Morgan fingerprint density at radius 3 is 2.24 bits per heavy atom. The van der Waals surface area contributed by atoms with E-state index >= 15 is 0 Å². The first-order valence-corrected chi connectivity index (χ1v) is 8.67. The molecule has 0 radical (unpaired) electrons. The van der Waals surface area contributed by atoms with Gasteiger partial charge >= 0.3 is 0 Å². The minimum absolute atomic E-state index is 0.104. The number of aryl methyl sites for hydroxylation is 1. The number of anilines is 1. The lowest BCUT2D eigenvalue weighted by atomic mass is 10.0. The molecule has 0 aliphatic carbocycles. The van der Waals surface area contributed by atoms with Crippen molar-refractivity contribution in [2.45, 2.75) is 26.8 Å². The molecule has 0 bridgehead atoms. The average molecular weight is 379 g/mol. The summed E-state index contributed by atoms with van der Waals surface area (Å²) in [4.78, 5) is 25.0. The van der Waals surface area contributed by atoms with Crippen molar-refractivity contribution < 1.29 is 9.59 Å². The van der Waals surface area contributed by atoms with Crippen molar-refractivity contribution in [1.29, 1.82) is 0 Å². The Bertz CT molecular complexity index is 773. The van der Waals surface area contributed by atoms with Crippen LogP contribution in [0.15, 0.2) is 42.5 Å². The smallest absolute Gasteiger partial charge is 0.251 e. The molecule has 6 heteroatoms. The molecule has 2 aromatic rings. The van der Waals surface area contributed by atoms with E-state index in [4.69, 9.17) is 23.2 Å². The molecule has 2 rings (SSSR count). The molecule has 132 valence electrons. The summed E-state index contributed by atoms with van der Waals surface area (Å²) in [5.74, 6) is -0.752. The highest BCUT2D eigenvalue weighted by Crippen LogP contribution is 2.25. The SMILES string of the molecule is Cc1ccc(C(=O)NC(C(=O)Nc2cc(Cl)ccc2Cl)C(C)C)cc1. The molecule has 2 amide bonds. The number of hydrogen-bond donors (Lipinski definition) is 2. The summed E-state index contributed by atoms with van der Waals surface area (Å²) in [6, 6.07) is 11.3. The second kappa shape index (κ2) is 8.37. The summed E-state index contributed by atoms with van der Waals surface area (Å²) in [5.41, 5.74) is 1.98. The molecule has 0 aliphatic rings. The highest BCUT2D eigenvalue weighted by atomic mass is 35.5. The summed E-state index contributed by atoms with van der Waals surface area (Å²) in [6.45, 7) is 5.67. The van der Waals surface area contributed by atoms with Crippen LogP contribution in [0.5, 0.6) is 0 Å². The number of halogens is 2. The molecule has 0 aromatic heterocycles. The van der Waals surface area contributed by atoms with Gasteiger partial charge in [-0.25, -0.2) is 0 Å². The highest BCUT2D eigenvalue weighted by molar-refractivity contribution is 6.35. The molecule has 2 N–H and O–H groups in total. The number of rotatable bonds is 5. The van der Waals surface area contributed by atoms with Crippen molar-refractivity contribution in [2.75, 3.05) is 5.32 Å². The molecule has 0 aliphatic heterocycles. The maximum atomic E-state index is 12.6. The Labute approximate surface area is 157 Å². The number of hydrogen-bond acceptors (Lipinski definition) is 2. The lowest BCUT2D eigenvalue weighted by Crippen LogP contribution is -2.47. The maximum absolute atomic E-state index is 12.6. The summed E-state index contributed by atoms with van der Waals surface area (Å²) in [5, 5.41) is 6.35. The van der Waals surface area contributed by atoms with Gasteiger partial charge < -0.3 is 10.6 Å². The first-order chi connectivity index (χ1) is 11.8. The van der Waals surface area contributed by atoms with E-state index in [9.17, 15) is 9.59 Å². The van der Waals surface area contributed by atoms with Gasteiger partial charge in [-0.2, -0.15) is 0 Å². The highest BCUT2D eigenvalue weighted by Gasteiger charge is 2.25. The van der Waals surface area contributed by atoms with Gasteiger partial charge in [0.15, 0.2) is 0 Å². The molecule has 4 nitrogen and oxygen atoms in total. The van der Waals surface area contributed by atoms with Gasteiger partial charge in [0.2, 0.25) is 5.91 Å². The number of nitrogens with one attached hydrogen (secondary N) is 2. The molecule has 25 heavy (non-hydrogen) atoms. The Balaban J connectivity index is 2.14. The van der Waals surface area contributed by atoms with Crippen molar-refractivity contribution in [2.24, 2.45) is 5.92 Å². The maximum Gasteiger partial charge on any atom is 0.251 e. The van der Waals surface area contributed by atoms with Crippen LogP contribution in [0.25, 0.3) is 0 Å². The van der Waals surface area contributed by atoms with E-state index in [1.54, 1.807) is 30.3 Å². The van der Waals surface area contributed by atoms with Gasteiger partial charge in [-0.15, -0.1) is 0 Å².